The molecular formula is C26H27ClF4N6O. The van der Waals surface area contributed by atoms with Crippen molar-refractivity contribution in [3.63, 3.8) is 0 Å². The van der Waals surface area contributed by atoms with E-state index < -0.39 is 29.0 Å². The van der Waals surface area contributed by atoms with E-state index in [-0.39, 0.29) is 35.0 Å². The number of rotatable bonds is 6. The van der Waals surface area contributed by atoms with E-state index in [9.17, 15) is 27.6 Å². The smallest absolute Gasteiger partial charge is 0.382 e. The molecule has 0 radical (unpaired) electrons. The van der Waals surface area contributed by atoms with Gasteiger partial charge in [0.05, 0.1) is 17.6 Å². The third-order valence-corrected chi connectivity index (χ3v) is 6.70. The predicted molar refractivity (Wildman–Crippen MR) is 136 cm³/mol. The number of alkyl halides is 4. The maximum atomic E-state index is 14.1. The molecule has 3 aromatic rings. The first kappa shape index (κ1) is 27.6. The second kappa shape index (κ2) is 10.1. The summed E-state index contributed by atoms with van der Waals surface area (Å²) in [5, 5.41) is 20.5. The summed E-state index contributed by atoms with van der Waals surface area (Å²) in [7, 11) is 0. The van der Waals surface area contributed by atoms with Gasteiger partial charge >= 0.3 is 6.18 Å². The van der Waals surface area contributed by atoms with Crippen molar-refractivity contribution in [1.82, 2.24) is 20.1 Å². The van der Waals surface area contributed by atoms with Gasteiger partial charge in [0.25, 0.3) is 5.91 Å². The number of aromatic nitrogens is 3. The van der Waals surface area contributed by atoms with Crippen molar-refractivity contribution in [2.24, 2.45) is 0 Å². The minimum Gasteiger partial charge on any atom is -0.382 e. The van der Waals surface area contributed by atoms with Crippen molar-refractivity contribution < 1.29 is 22.4 Å². The van der Waals surface area contributed by atoms with Crippen molar-refractivity contribution >= 4 is 34.1 Å². The standard InChI is InChI=1S/C26H27ClF4N6O/c1-24(2,28)14-37-13-18(21(12-32)36-37)23(38)35-25(3)8-4-5-16(11-25)33-20-10-22(26(29,30)31)34-19-7-6-15(27)9-17(19)20/h6-7,9-10,13,16H,4-5,8,11,14H2,1-3H3,(H,33,34)(H,35,38)/t16-,25-/m0/s1. The number of carbonyl (C=O) groups is 1. The first-order chi connectivity index (χ1) is 17.7. The Labute approximate surface area is 222 Å². The molecular weight excluding hydrogens is 524 g/mol. The van der Waals surface area contributed by atoms with Crippen LogP contribution >= 0.6 is 11.6 Å². The Kier molecular flexibility index (Phi) is 7.32. The SMILES string of the molecule is CC(C)(F)Cn1cc(C(=O)N[C@@]2(C)CCC[C@H](Nc3cc(C(F)(F)F)nc4ccc(Cl)cc34)C2)c(C#N)n1. The van der Waals surface area contributed by atoms with Crippen LogP contribution in [0.25, 0.3) is 10.9 Å². The Bertz CT molecular complexity index is 1410. The molecule has 1 aliphatic carbocycles. The average molecular weight is 551 g/mol. The van der Waals surface area contributed by atoms with Gasteiger partial charge in [-0.05, 0) is 70.7 Å². The minimum absolute atomic E-state index is 0.0395. The number of hydrogen-bond acceptors (Lipinski definition) is 5. The highest BCUT2D eigenvalue weighted by molar-refractivity contribution is 6.31. The van der Waals surface area contributed by atoms with Gasteiger partial charge in [-0.2, -0.15) is 23.5 Å². The highest BCUT2D eigenvalue weighted by Gasteiger charge is 2.37. The van der Waals surface area contributed by atoms with Crippen molar-refractivity contribution in [1.29, 1.82) is 5.26 Å². The van der Waals surface area contributed by atoms with Gasteiger partial charge < -0.3 is 10.6 Å². The van der Waals surface area contributed by atoms with Crippen LogP contribution in [0.3, 0.4) is 0 Å². The third-order valence-electron chi connectivity index (χ3n) is 6.46. The van der Waals surface area contributed by atoms with E-state index in [2.05, 4.69) is 20.7 Å². The lowest BCUT2D eigenvalue weighted by atomic mass is 9.80. The number of nitrogens with one attached hydrogen (secondary N) is 2. The monoisotopic (exact) mass is 550 g/mol. The summed E-state index contributed by atoms with van der Waals surface area (Å²) in [5.74, 6) is -0.520. The van der Waals surface area contributed by atoms with Crippen LogP contribution in [0.1, 0.15) is 68.2 Å². The second-order valence-corrected chi connectivity index (χ2v) is 11.0. The molecule has 0 bridgehead atoms. The molecule has 1 saturated carbocycles. The van der Waals surface area contributed by atoms with Crippen LogP contribution < -0.4 is 10.6 Å². The zero-order valence-electron chi connectivity index (χ0n) is 21.1. The van der Waals surface area contributed by atoms with E-state index in [1.807, 2.05) is 13.0 Å². The molecule has 2 atom stereocenters. The lowest BCUT2D eigenvalue weighted by molar-refractivity contribution is -0.140. The van der Waals surface area contributed by atoms with Crippen LogP contribution in [0.5, 0.6) is 0 Å². The zero-order valence-corrected chi connectivity index (χ0v) is 21.8. The van der Waals surface area contributed by atoms with Crippen LogP contribution in [-0.4, -0.2) is 37.9 Å². The van der Waals surface area contributed by atoms with Crippen molar-refractivity contribution in [2.75, 3.05) is 5.32 Å². The number of carbonyl (C=O) groups excluding carboxylic acids is 1. The highest BCUT2D eigenvalue weighted by Crippen LogP contribution is 2.36. The van der Waals surface area contributed by atoms with Gasteiger partial charge in [-0.25, -0.2) is 9.37 Å². The molecule has 1 aliphatic rings. The van der Waals surface area contributed by atoms with Gasteiger partial charge in [-0.3, -0.25) is 9.48 Å². The average Bonchev–Trinajstić information content (AvgIpc) is 3.19. The number of benzene rings is 1. The van der Waals surface area contributed by atoms with Gasteiger partial charge in [0, 0.05) is 33.9 Å². The van der Waals surface area contributed by atoms with Crippen molar-refractivity contribution in [3.8, 4) is 6.07 Å². The molecule has 7 nitrogen and oxygen atoms in total. The van der Waals surface area contributed by atoms with Crippen LogP contribution in [0, 0.1) is 11.3 Å². The molecule has 0 unspecified atom stereocenters. The summed E-state index contributed by atoms with van der Waals surface area (Å²) >= 11 is 6.11. The summed E-state index contributed by atoms with van der Waals surface area (Å²) < 4.78 is 55.9. The molecule has 2 heterocycles. The van der Waals surface area contributed by atoms with Crippen LogP contribution in [0.4, 0.5) is 23.2 Å². The lowest BCUT2D eigenvalue weighted by Gasteiger charge is -2.39. The van der Waals surface area contributed by atoms with Gasteiger partial charge in [-0.1, -0.05) is 11.6 Å². The van der Waals surface area contributed by atoms with E-state index in [0.29, 0.717) is 36.1 Å². The molecule has 0 aliphatic heterocycles. The van der Waals surface area contributed by atoms with Crippen LogP contribution in [-0.2, 0) is 12.7 Å². The Balaban J connectivity index is 1.56. The number of pyridine rings is 1. The van der Waals surface area contributed by atoms with Gasteiger partial charge in [0.15, 0.2) is 5.69 Å². The number of amides is 1. The van der Waals surface area contributed by atoms with Crippen LogP contribution in [0.15, 0.2) is 30.5 Å². The first-order valence-corrected chi connectivity index (χ1v) is 12.5. The lowest BCUT2D eigenvalue weighted by Crippen LogP contribution is -2.51. The highest BCUT2D eigenvalue weighted by atomic mass is 35.5. The van der Waals surface area contributed by atoms with E-state index in [4.69, 9.17) is 11.6 Å². The van der Waals surface area contributed by atoms with E-state index in [1.54, 1.807) is 6.07 Å². The summed E-state index contributed by atoms with van der Waals surface area (Å²) in [4.78, 5) is 16.9. The molecule has 2 N–H and O–H groups in total. The van der Waals surface area contributed by atoms with Gasteiger partial charge in [0.1, 0.15) is 17.4 Å². The second-order valence-electron chi connectivity index (χ2n) is 10.6. The molecule has 4 rings (SSSR count). The molecule has 0 spiro atoms. The van der Waals surface area contributed by atoms with E-state index in [0.717, 1.165) is 6.07 Å². The summed E-state index contributed by atoms with van der Waals surface area (Å²) in [6.07, 6.45) is -0.865. The third kappa shape index (κ3) is 6.35. The Morgan fingerprint density at radius 2 is 2.03 bits per heavy atom. The maximum Gasteiger partial charge on any atom is 0.433 e. The number of nitriles is 1. The first-order valence-electron chi connectivity index (χ1n) is 12.1. The number of nitrogens with zero attached hydrogens (tertiary/aromatic N) is 4. The molecule has 1 aromatic carbocycles. The van der Waals surface area contributed by atoms with E-state index >= 15 is 0 Å². The van der Waals surface area contributed by atoms with E-state index in [1.165, 1.54) is 36.9 Å². The number of halogens is 5. The zero-order chi connectivity index (χ0) is 27.9. The summed E-state index contributed by atoms with van der Waals surface area (Å²) in [6, 6.07) is 7.09. The maximum absolute atomic E-state index is 14.1. The van der Waals surface area contributed by atoms with Gasteiger partial charge in [0.2, 0.25) is 0 Å². The van der Waals surface area contributed by atoms with Crippen molar-refractivity contribution in [2.45, 2.75) is 76.4 Å². The fourth-order valence-electron chi connectivity index (χ4n) is 4.88. The Morgan fingerprint density at radius 3 is 2.68 bits per heavy atom. The molecule has 2 aromatic heterocycles. The largest absolute Gasteiger partial charge is 0.433 e. The topological polar surface area (TPSA) is 95.6 Å². The van der Waals surface area contributed by atoms with Crippen molar-refractivity contribution in [3.05, 3.63) is 52.4 Å². The molecule has 1 amide bonds. The van der Waals surface area contributed by atoms with Crippen LogP contribution in [0.2, 0.25) is 5.02 Å². The predicted octanol–water partition coefficient (Wildman–Crippen LogP) is 6.27. The molecule has 12 heteroatoms. The molecule has 1 fully saturated rings. The summed E-state index contributed by atoms with van der Waals surface area (Å²) in [5.41, 5.74) is -2.97. The minimum atomic E-state index is -4.63. The fourth-order valence-corrected chi connectivity index (χ4v) is 5.06. The van der Waals surface area contributed by atoms with Gasteiger partial charge in [-0.15, -0.1) is 0 Å². The number of hydrogen-bond donors (Lipinski definition) is 2. The molecule has 202 valence electrons. The molecule has 38 heavy (non-hydrogen) atoms. The normalized spacial score (nSPS) is 20.2. The number of fused-ring (bicyclic) bond motifs is 1. The fraction of sp³-hybridized carbons (Fsp3) is 0.462. The Morgan fingerprint density at radius 1 is 1.29 bits per heavy atom. The Hall–Kier alpha value is -3.39. The summed E-state index contributed by atoms with van der Waals surface area (Å²) in [6.45, 7) is 4.47. The molecule has 0 saturated heterocycles. The quantitative estimate of drug-likeness (QED) is 0.353. The number of anilines is 1.